The van der Waals surface area contributed by atoms with Crippen LogP contribution in [0.1, 0.15) is 10.7 Å². The van der Waals surface area contributed by atoms with Gasteiger partial charge in [-0.15, -0.1) is 0 Å². The molecular formula is C14H26OSi2. The van der Waals surface area contributed by atoms with Crippen molar-refractivity contribution in [1.29, 1.82) is 0 Å². The van der Waals surface area contributed by atoms with Crippen molar-refractivity contribution in [2.24, 2.45) is 0 Å². The van der Waals surface area contributed by atoms with Gasteiger partial charge in [0.05, 0.1) is 7.11 Å². The van der Waals surface area contributed by atoms with Crippen LogP contribution in [-0.2, 0) is 0 Å². The zero-order valence-electron chi connectivity index (χ0n) is 12.3. The first kappa shape index (κ1) is 14.5. The molecule has 0 radical (unpaired) electrons. The topological polar surface area (TPSA) is 9.23 Å². The molecule has 0 aliphatic heterocycles. The molecule has 1 nitrogen and oxygen atoms in total. The summed E-state index contributed by atoms with van der Waals surface area (Å²) in [6.45, 7) is 14.9. The van der Waals surface area contributed by atoms with Gasteiger partial charge in [-0.3, -0.25) is 0 Å². The molecule has 0 amide bonds. The summed E-state index contributed by atoms with van der Waals surface area (Å²) < 4.78 is 5.36. The molecule has 17 heavy (non-hydrogen) atoms. The lowest BCUT2D eigenvalue weighted by atomic mass is 10.2. The predicted octanol–water partition coefficient (Wildman–Crippen LogP) is 4.53. The summed E-state index contributed by atoms with van der Waals surface area (Å²) in [6.07, 6.45) is 0. The number of ether oxygens (including phenoxy) is 1. The van der Waals surface area contributed by atoms with Crippen LogP contribution in [0.4, 0.5) is 0 Å². The molecule has 96 valence electrons. The molecule has 0 bridgehead atoms. The molecule has 1 aromatic rings. The fourth-order valence-corrected chi connectivity index (χ4v) is 15.9. The summed E-state index contributed by atoms with van der Waals surface area (Å²) in [5, 5.41) is 0.782. The fourth-order valence-electron chi connectivity index (χ4n) is 3.12. The molecule has 0 N–H and O–H groups in total. The zero-order chi connectivity index (χ0) is 13.3. The largest absolute Gasteiger partial charge is 0.497 e. The zero-order valence-corrected chi connectivity index (χ0v) is 14.3. The summed E-state index contributed by atoms with van der Waals surface area (Å²) >= 11 is 0. The van der Waals surface area contributed by atoms with E-state index in [1.807, 2.05) is 6.07 Å². The van der Waals surface area contributed by atoms with E-state index in [4.69, 9.17) is 4.74 Å². The van der Waals surface area contributed by atoms with Crippen LogP contribution in [0.3, 0.4) is 0 Å². The Morgan fingerprint density at radius 3 is 1.88 bits per heavy atom. The monoisotopic (exact) mass is 266 g/mol. The highest BCUT2D eigenvalue weighted by atomic mass is 28.4. The normalized spacial score (nSPS) is 12.9. The van der Waals surface area contributed by atoms with Gasteiger partial charge < -0.3 is 4.74 Å². The molecule has 0 aliphatic rings. The maximum atomic E-state index is 5.36. The third kappa shape index (κ3) is 3.71. The van der Waals surface area contributed by atoms with E-state index in [2.05, 4.69) is 57.5 Å². The Morgan fingerprint density at radius 2 is 1.47 bits per heavy atom. The molecule has 0 aromatic heterocycles. The second kappa shape index (κ2) is 4.98. The van der Waals surface area contributed by atoms with Gasteiger partial charge in [-0.1, -0.05) is 51.4 Å². The lowest BCUT2D eigenvalue weighted by Gasteiger charge is -2.39. The highest BCUT2D eigenvalue weighted by Gasteiger charge is 2.38. The van der Waals surface area contributed by atoms with Crippen LogP contribution in [0.2, 0.25) is 39.3 Å². The van der Waals surface area contributed by atoms with Crippen molar-refractivity contribution < 1.29 is 4.74 Å². The van der Waals surface area contributed by atoms with Crippen LogP contribution >= 0.6 is 0 Å². The molecule has 1 aromatic carbocycles. The molecule has 0 fully saturated rings. The SMILES string of the molecule is COc1cccc(C([Si](C)(C)C)[Si](C)(C)C)c1. The van der Waals surface area contributed by atoms with Gasteiger partial charge in [0.25, 0.3) is 0 Å². The van der Waals surface area contributed by atoms with E-state index >= 15 is 0 Å². The van der Waals surface area contributed by atoms with Gasteiger partial charge in [0.1, 0.15) is 5.75 Å². The standard InChI is InChI=1S/C14H26OSi2/c1-15-13-10-8-9-12(11-13)14(16(2,3)4)17(5,6)7/h8-11,14H,1-7H3. The Bertz CT molecular complexity index is 361. The van der Waals surface area contributed by atoms with Crippen LogP contribution in [0.25, 0.3) is 0 Å². The van der Waals surface area contributed by atoms with Gasteiger partial charge in [-0.25, -0.2) is 0 Å². The summed E-state index contributed by atoms with van der Waals surface area (Å²) in [5.74, 6) is 0.990. The number of hydrogen-bond donors (Lipinski definition) is 0. The third-order valence-electron chi connectivity index (χ3n) is 3.16. The Hall–Kier alpha value is -0.546. The van der Waals surface area contributed by atoms with E-state index in [0.717, 1.165) is 10.9 Å². The summed E-state index contributed by atoms with van der Waals surface area (Å²) in [7, 11) is -0.638. The first-order valence-corrected chi connectivity index (χ1v) is 13.5. The lowest BCUT2D eigenvalue weighted by Crippen LogP contribution is -2.46. The fraction of sp³-hybridized carbons (Fsp3) is 0.571. The molecule has 0 unspecified atom stereocenters. The summed E-state index contributed by atoms with van der Waals surface area (Å²) in [6, 6.07) is 8.68. The number of benzene rings is 1. The maximum Gasteiger partial charge on any atom is 0.119 e. The van der Waals surface area contributed by atoms with Crippen molar-refractivity contribution in [2.75, 3.05) is 7.11 Å². The average Bonchev–Trinajstić information content (AvgIpc) is 2.13. The average molecular weight is 267 g/mol. The quantitative estimate of drug-likeness (QED) is 0.727. The van der Waals surface area contributed by atoms with Gasteiger partial charge in [0.15, 0.2) is 0 Å². The molecule has 3 heteroatoms. The van der Waals surface area contributed by atoms with Crippen LogP contribution in [0.5, 0.6) is 5.75 Å². The minimum absolute atomic E-state index is 0.782. The van der Waals surface area contributed by atoms with Crippen LogP contribution in [0.15, 0.2) is 24.3 Å². The van der Waals surface area contributed by atoms with Crippen molar-refractivity contribution >= 4 is 16.1 Å². The smallest absolute Gasteiger partial charge is 0.119 e. The van der Waals surface area contributed by atoms with E-state index in [0.29, 0.717) is 0 Å². The Kier molecular flexibility index (Phi) is 4.25. The maximum absolute atomic E-state index is 5.36. The van der Waals surface area contributed by atoms with E-state index in [1.165, 1.54) is 5.56 Å². The highest BCUT2D eigenvalue weighted by Crippen LogP contribution is 2.36. The molecule has 0 atom stereocenters. The first-order valence-electron chi connectivity index (χ1n) is 6.30. The van der Waals surface area contributed by atoms with Gasteiger partial charge in [-0.2, -0.15) is 0 Å². The summed E-state index contributed by atoms with van der Waals surface area (Å²) in [4.78, 5) is 0. The first-order chi connectivity index (χ1) is 7.66. The van der Waals surface area contributed by atoms with Crippen molar-refractivity contribution in [1.82, 2.24) is 0 Å². The van der Waals surface area contributed by atoms with E-state index in [1.54, 1.807) is 7.11 Å². The third-order valence-corrected chi connectivity index (χ3v) is 12.5. The van der Waals surface area contributed by atoms with E-state index in [9.17, 15) is 0 Å². The molecule has 0 heterocycles. The van der Waals surface area contributed by atoms with Gasteiger partial charge in [-0.05, 0) is 22.9 Å². The summed E-state index contributed by atoms with van der Waals surface area (Å²) in [5.41, 5.74) is 1.49. The lowest BCUT2D eigenvalue weighted by molar-refractivity contribution is 0.414. The van der Waals surface area contributed by atoms with Gasteiger partial charge in [0.2, 0.25) is 0 Å². The molecule has 0 spiro atoms. The highest BCUT2D eigenvalue weighted by molar-refractivity contribution is 6.96. The Balaban J connectivity index is 3.23. The molecule has 1 rings (SSSR count). The van der Waals surface area contributed by atoms with Crippen molar-refractivity contribution in [3.05, 3.63) is 29.8 Å². The molecule has 0 saturated carbocycles. The van der Waals surface area contributed by atoms with Crippen LogP contribution in [0, 0.1) is 0 Å². The number of hydrogen-bond acceptors (Lipinski definition) is 1. The van der Waals surface area contributed by atoms with E-state index in [-0.39, 0.29) is 0 Å². The molecule has 0 aliphatic carbocycles. The minimum Gasteiger partial charge on any atom is -0.497 e. The number of rotatable bonds is 4. The Labute approximate surface area is 108 Å². The number of methoxy groups -OCH3 is 1. The van der Waals surface area contributed by atoms with Gasteiger partial charge >= 0.3 is 0 Å². The Morgan fingerprint density at radius 1 is 0.941 bits per heavy atom. The second-order valence-electron chi connectivity index (χ2n) is 6.94. The molecular weight excluding hydrogens is 240 g/mol. The van der Waals surface area contributed by atoms with Crippen molar-refractivity contribution in [2.45, 2.75) is 44.4 Å². The van der Waals surface area contributed by atoms with E-state index < -0.39 is 16.1 Å². The van der Waals surface area contributed by atoms with Crippen LogP contribution < -0.4 is 4.74 Å². The molecule has 0 saturated heterocycles. The predicted molar refractivity (Wildman–Crippen MR) is 82.4 cm³/mol. The van der Waals surface area contributed by atoms with Crippen LogP contribution in [-0.4, -0.2) is 23.3 Å². The van der Waals surface area contributed by atoms with Crippen molar-refractivity contribution in [3.63, 3.8) is 0 Å². The second-order valence-corrected chi connectivity index (χ2v) is 18.1. The van der Waals surface area contributed by atoms with Gasteiger partial charge in [0, 0.05) is 16.1 Å². The van der Waals surface area contributed by atoms with Crippen molar-refractivity contribution in [3.8, 4) is 5.75 Å². The minimum atomic E-state index is -1.19.